The first kappa shape index (κ1) is 13.8. The lowest BCUT2D eigenvalue weighted by Crippen LogP contribution is -2.11. The zero-order valence-corrected chi connectivity index (χ0v) is 12.1. The van der Waals surface area contributed by atoms with E-state index < -0.39 is 0 Å². The highest BCUT2D eigenvalue weighted by molar-refractivity contribution is 5.41. The Hall–Kier alpha value is -2.15. The Morgan fingerprint density at radius 2 is 2.38 bits per heavy atom. The predicted octanol–water partition coefficient (Wildman–Crippen LogP) is 1.39. The van der Waals surface area contributed by atoms with E-state index in [-0.39, 0.29) is 0 Å². The van der Waals surface area contributed by atoms with E-state index in [9.17, 15) is 0 Å². The van der Waals surface area contributed by atoms with Crippen LogP contribution < -0.4 is 11.1 Å². The Labute approximate surface area is 123 Å². The molecule has 3 N–H and O–H groups in total. The van der Waals surface area contributed by atoms with Gasteiger partial charge in [0, 0.05) is 31.3 Å². The fraction of sp³-hybridized carbons (Fsp3) is 0.500. The van der Waals surface area contributed by atoms with Crippen LogP contribution in [0.4, 0.5) is 11.8 Å². The molecule has 0 spiro atoms. The molecule has 1 aliphatic rings. The maximum absolute atomic E-state index is 5.81. The third-order valence-corrected chi connectivity index (χ3v) is 3.70. The predicted molar refractivity (Wildman–Crippen MR) is 79.8 cm³/mol. The highest BCUT2D eigenvalue weighted by Gasteiger charge is 2.20. The molecule has 2 aromatic rings. The normalized spacial score (nSPS) is 18.0. The van der Waals surface area contributed by atoms with Gasteiger partial charge in [0.05, 0.1) is 30.9 Å². The summed E-state index contributed by atoms with van der Waals surface area (Å²) in [5, 5.41) is 3.29. The van der Waals surface area contributed by atoms with Crippen molar-refractivity contribution in [1.29, 1.82) is 0 Å². The first-order valence-electron chi connectivity index (χ1n) is 7.21. The van der Waals surface area contributed by atoms with Crippen LogP contribution in [-0.2, 0) is 17.8 Å². The van der Waals surface area contributed by atoms with Gasteiger partial charge in [-0.15, -0.1) is 0 Å². The molecule has 1 atom stereocenters. The molecule has 21 heavy (non-hydrogen) atoms. The molecule has 1 fully saturated rings. The third kappa shape index (κ3) is 3.13. The summed E-state index contributed by atoms with van der Waals surface area (Å²) in [6, 6.07) is 1.96. The summed E-state index contributed by atoms with van der Waals surface area (Å²) in [5.41, 5.74) is 7.87. The maximum Gasteiger partial charge on any atom is 0.222 e. The zero-order valence-electron chi connectivity index (χ0n) is 12.1. The second kappa shape index (κ2) is 6.09. The van der Waals surface area contributed by atoms with E-state index in [0.717, 1.165) is 36.8 Å². The van der Waals surface area contributed by atoms with E-state index in [1.54, 1.807) is 0 Å². The minimum Gasteiger partial charge on any atom is -0.381 e. The van der Waals surface area contributed by atoms with Crippen LogP contribution in [0.15, 0.2) is 18.6 Å². The van der Waals surface area contributed by atoms with Gasteiger partial charge in [0.25, 0.3) is 0 Å². The highest BCUT2D eigenvalue weighted by atomic mass is 16.5. The van der Waals surface area contributed by atoms with Crippen LogP contribution in [0.2, 0.25) is 0 Å². The Bertz CT molecular complexity index is 605. The molecule has 0 radical (unpaired) electrons. The van der Waals surface area contributed by atoms with E-state index in [1.807, 2.05) is 18.6 Å². The number of imidazole rings is 1. The molecule has 0 unspecified atom stereocenters. The molecule has 0 amide bonds. The Morgan fingerprint density at radius 1 is 1.48 bits per heavy atom. The molecule has 0 bridgehead atoms. The van der Waals surface area contributed by atoms with Crippen molar-refractivity contribution >= 4 is 11.8 Å². The van der Waals surface area contributed by atoms with Gasteiger partial charge in [-0.3, -0.25) is 0 Å². The quantitative estimate of drug-likeness (QED) is 0.864. The summed E-state index contributed by atoms with van der Waals surface area (Å²) in [6.07, 6.45) is 4.66. The van der Waals surface area contributed by atoms with Crippen molar-refractivity contribution in [2.75, 3.05) is 24.3 Å². The summed E-state index contributed by atoms with van der Waals surface area (Å²) < 4.78 is 7.49. The van der Waals surface area contributed by atoms with Crippen LogP contribution in [0.1, 0.15) is 30.7 Å². The molecule has 3 rings (SSSR count). The van der Waals surface area contributed by atoms with Crippen LogP contribution in [0, 0.1) is 0 Å². The van der Waals surface area contributed by atoms with Gasteiger partial charge in [-0.25, -0.2) is 9.97 Å². The number of nitrogens with two attached hydrogens (primary N) is 1. The van der Waals surface area contributed by atoms with E-state index >= 15 is 0 Å². The number of aromatic nitrogens is 4. The van der Waals surface area contributed by atoms with Gasteiger partial charge >= 0.3 is 0 Å². The number of hydrogen-bond acceptors (Lipinski definition) is 6. The minimum atomic E-state index is 0.297. The number of nitrogens with one attached hydrogen (secondary N) is 1. The molecule has 3 heterocycles. The van der Waals surface area contributed by atoms with Crippen molar-refractivity contribution in [2.45, 2.75) is 32.4 Å². The molecule has 1 saturated heterocycles. The van der Waals surface area contributed by atoms with Crippen LogP contribution in [0.25, 0.3) is 0 Å². The molecule has 0 aliphatic carbocycles. The average molecular weight is 288 g/mol. The van der Waals surface area contributed by atoms with Gasteiger partial charge in [-0.2, -0.15) is 4.98 Å². The lowest BCUT2D eigenvalue weighted by Gasteiger charge is -2.12. The topological polar surface area (TPSA) is 90.9 Å². The van der Waals surface area contributed by atoms with E-state index in [2.05, 4.69) is 31.8 Å². The van der Waals surface area contributed by atoms with Crippen LogP contribution in [0.3, 0.4) is 0 Å². The first-order valence-corrected chi connectivity index (χ1v) is 7.21. The van der Waals surface area contributed by atoms with Crippen molar-refractivity contribution < 1.29 is 4.74 Å². The fourth-order valence-corrected chi connectivity index (χ4v) is 2.51. The standard InChI is InChI=1S/C14H20N6O/c1-2-20-9-16-6-11(20)7-17-13-5-12(18-14(15)19-13)10-3-4-21-8-10/h5-6,9-10H,2-4,7-8H2,1H3,(H3,15,17,18,19)/t10-/m1/s1. The molecule has 7 nitrogen and oxygen atoms in total. The van der Waals surface area contributed by atoms with Crippen molar-refractivity contribution in [3.05, 3.63) is 30.0 Å². The number of nitrogens with zero attached hydrogens (tertiary/aromatic N) is 4. The maximum atomic E-state index is 5.81. The lowest BCUT2D eigenvalue weighted by atomic mass is 10.0. The number of anilines is 2. The smallest absolute Gasteiger partial charge is 0.222 e. The first-order chi connectivity index (χ1) is 10.3. The highest BCUT2D eigenvalue weighted by Crippen LogP contribution is 2.25. The Kier molecular flexibility index (Phi) is 4.01. The van der Waals surface area contributed by atoms with Crippen molar-refractivity contribution in [1.82, 2.24) is 19.5 Å². The molecule has 7 heteroatoms. The van der Waals surface area contributed by atoms with Crippen molar-refractivity contribution in [3.63, 3.8) is 0 Å². The summed E-state index contributed by atoms with van der Waals surface area (Å²) in [6.45, 7) is 5.13. The largest absolute Gasteiger partial charge is 0.381 e. The van der Waals surface area contributed by atoms with Crippen molar-refractivity contribution in [2.24, 2.45) is 0 Å². The SMILES string of the molecule is CCn1cncc1CNc1cc([C@@H]2CCOC2)nc(N)n1. The Balaban J connectivity index is 1.73. The monoisotopic (exact) mass is 288 g/mol. The van der Waals surface area contributed by atoms with Gasteiger partial charge in [0.15, 0.2) is 0 Å². The van der Waals surface area contributed by atoms with Crippen LogP contribution >= 0.6 is 0 Å². The van der Waals surface area contributed by atoms with E-state index in [0.29, 0.717) is 25.0 Å². The number of nitrogen functional groups attached to an aromatic ring is 1. The zero-order chi connectivity index (χ0) is 14.7. The lowest BCUT2D eigenvalue weighted by molar-refractivity contribution is 0.193. The second-order valence-corrected chi connectivity index (χ2v) is 5.12. The fourth-order valence-electron chi connectivity index (χ4n) is 2.51. The molecule has 0 saturated carbocycles. The molecule has 112 valence electrons. The number of hydrogen-bond donors (Lipinski definition) is 2. The van der Waals surface area contributed by atoms with E-state index in [4.69, 9.17) is 10.5 Å². The molecule has 1 aliphatic heterocycles. The van der Waals surface area contributed by atoms with Gasteiger partial charge in [-0.05, 0) is 13.3 Å². The van der Waals surface area contributed by atoms with Crippen LogP contribution in [-0.4, -0.2) is 32.7 Å². The van der Waals surface area contributed by atoms with Gasteiger partial charge in [0.1, 0.15) is 5.82 Å². The Morgan fingerprint density at radius 3 is 3.14 bits per heavy atom. The van der Waals surface area contributed by atoms with Gasteiger partial charge in [0.2, 0.25) is 5.95 Å². The van der Waals surface area contributed by atoms with Crippen molar-refractivity contribution in [3.8, 4) is 0 Å². The van der Waals surface area contributed by atoms with Gasteiger partial charge in [-0.1, -0.05) is 0 Å². The van der Waals surface area contributed by atoms with Gasteiger partial charge < -0.3 is 20.4 Å². The summed E-state index contributed by atoms with van der Waals surface area (Å²) >= 11 is 0. The number of rotatable bonds is 5. The summed E-state index contributed by atoms with van der Waals surface area (Å²) in [7, 11) is 0. The second-order valence-electron chi connectivity index (χ2n) is 5.12. The van der Waals surface area contributed by atoms with E-state index in [1.165, 1.54) is 0 Å². The molecular formula is C14H20N6O. The minimum absolute atomic E-state index is 0.297. The average Bonchev–Trinajstić information content (AvgIpc) is 3.15. The number of ether oxygens (including phenoxy) is 1. The molecule has 2 aromatic heterocycles. The summed E-state index contributed by atoms with van der Waals surface area (Å²) in [5.74, 6) is 1.36. The number of aryl methyl sites for hydroxylation is 1. The molecule has 0 aromatic carbocycles. The third-order valence-electron chi connectivity index (χ3n) is 3.70. The summed E-state index contributed by atoms with van der Waals surface area (Å²) in [4.78, 5) is 12.7. The molecular weight excluding hydrogens is 268 g/mol. The van der Waals surface area contributed by atoms with Crippen LogP contribution in [0.5, 0.6) is 0 Å².